The predicted octanol–water partition coefficient (Wildman–Crippen LogP) is 6.22. The average molecular weight is 658 g/mol. The molecular weight excluding hydrogens is 614 g/mol. The molecule has 3 amide bonds. The number of benzene rings is 3. The summed E-state index contributed by atoms with van der Waals surface area (Å²) in [5.41, 5.74) is 5.64. The van der Waals surface area contributed by atoms with E-state index in [4.69, 9.17) is 14.6 Å². The van der Waals surface area contributed by atoms with Gasteiger partial charge in [0.25, 0.3) is 0 Å². The van der Waals surface area contributed by atoms with Crippen LogP contribution in [0.25, 0.3) is 11.1 Å². The van der Waals surface area contributed by atoms with Crippen LogP contribution < -0.4 is 10.6 Å². The van der Waals surface area contributed by atoms with Crippen LogP contribution in [0.2, 0.25) is 0 Å². The molecule has 4 rings (SSSR count). The maximum atomic E-state index is 13.3. The number of carboxylic acid groups (broad SMARTS) is 1. The molecule has 0 aromatic heterocycles. The highest BCUT2D eigenvalue weighted by Gasteiger charge is 2.31. The maximum Gasteiger partial charge on any atom is 0.409 e. The molecule has 3 aromatic rings. The molecule has 0 heterocycles. The van der Waals surface area contributed by atoms with E-state index in [9.17, 15) is 24.0 Å². The first kappa shape index (κ1) is 35.7. The highest BCUT2D eigenvalue weighted by atomic mass is 16.6. The van der Waals surface area contributed by atoms with E-state index >= 15 is 0 Å². The van der Waals surface area contributed by atoms with Gasteiger partial charge in [-0.2, -0.15) is 0 Å². The van der Waals surface area contributed by atoms with Gasteiger partial charge in [-0.15, -0.1) is 0 Å². The number of ether oxygens (including phenoxy) is 2. The molecule has 0 aliphatic heterocycles. The van der Waals surface area contributed by atoms with E-state index in [1.807, 2.05) is 50.2 Å². The Morgan fingerprint density at radius 3 is 2.04 bits per heavy atom. The van der Waals surface area contributed by atoms with Crippen molar-refractivity contribution in [3.63, 3.8) is 0 Å². The number of carbonyl (C=O) groups excluding carboxylic acids is 4. The van der Waals surface area contributed by atoms with Gasteiger partial charge >= 0.3 is 18.2 Å². The number of Topliss-reactive ketones (excluding diaryl/α,β-unsaturated/α-hetero) is 1. The van der Waals surface area contributed by atoms with Crippen molar-refractivity contribution in [2.75, 3.05) is 25.5 Å². The van der Waals surface area contributed by atoms with Gasteiger partial charge < -0.3 is 30.1 Å². The fourth-order valence-corrected chi connectivity index (χ4v) is 5.67. The van der Waals surface area contributed by atoms with Crippen LogP contribution in [0, 0.1) is 11.8 Å². The van der Waals surface area contributed by atoms with E-state index < -0.39 is 30.1 Å². The Morgan fingerprint density at radius 1 is 0.854 bits per heavy atom. The van der Waals surface area contributed by atoms with Crippen molar-refractivity contribution in [1.82, 2.24) is 10.2 Å². The Morgan fingerprint density at radius 2 is 1.46 bits per heavy atom. The van der Waals surface area contributed by atoms with E-state index in [1.165, 1.54) is 11.9 Å². The molecule has 1 aliphatic rings. The fourth-order valence-electron chi connectivity index (χ4n) is 5.67. The van der Waals surface area contributed by atoms with Gasteiger partial charge in [0.05, 0.1) is 6.04 Å². The first-order valence-corrected chi connectivity index (χ1v) is 16.1. The number of nitrogens with one attached hydrogen (secondary N) is 2. The van der Waals surface area contributed by atoms with E-state index in [0.717, 1.165) is 22.3 Å². The van der Waals surface area contributed by atoms with Gasteiger partial charge in [0.15, 0.2) is 5.78 Å². The second-order valence-electron chi connectivity index (χ2n) is 12.4. The summed E-state index contributed by atoms with van der Waals surface area (Å²) in [6.45, 7) is 5.71. The molecule has 0 radical (unpaired) electrons. The lowest BCUT2D eigenvalue weighted by Gasteiger charge is -2.23. The molecule has 0 saturated heterocycles. The highest BCUT2D eigenvalue weighted by Crippen LogP contribution is 2.44. The van der Waals surface area contributed by atoms with E-state index in [-0.39, 0.29) is 56.1 Å². The number of carboxylic acids is 1. The quantitative estimate of drug-likeness (QED) is 0.174. The number of fused-ring (bicyclic) bond motifs is 3. The number of hydrogen-bond donors (Lipinski definition) is 3. The van der Waals surface area contributed by atoms with Crippen molar-refractivity contribution in [2.45, 2.75) is 58.6 Å². The molecule has 0 bridgehead atoms. The molecule has 0 fully saturated rings. The van der Waals surface area contributed by atoms with Gasteiger partial charge in [-0.25, -0.2) is 9.59 Å². The minimum absolute atomic E-state index is 0.00843. The van der Waals surface area contributed by atoms with Crippen LogP contribution in [0.1, 0.15) is 62.6 Å². The smallest absolute Gasteiger partial charge is 0.409 e. The summed E-state index contributed by atoms with van der Waals surface area (Å²) >= 11 is 0. The third-order valence-corrected chi connectivity index (χ3v) is 8.37. The van der Waals surface area contributed by atoms with Crippen molar-refractivity contribution in [1.29, 1.82) is 0 Å². The molecule has 0 saturated carbocycles. The number of rotatable bonds is 15. The van der Waals surface area contributed by atoms with Crippen molar-refractivity contribution < 1.29 is 38.6 Å². The first-order chi connectivity index (χ1) is 22.9. The number of anilines is 1. The molecule has 0 spiro atoms. The topological polar surface area (TPSA) is 151 Å². The molecule has 3 aromatic carbocycles. The van der Waals surface area contributed by atoms with Gasteiger partial charge in [-0.05, 0) is 52.3 Å². The van der Waals surface area contributed by atoms with Crippen LogP contribution in [-0.4, -0.2) is 66.1 Å². The minimum atomic E-state index is -0.923. The van der Waals surface area contributed by atoms with Crippen molar-refractivity contribution in [3.05, 3.63) is 89.5 Å². The largest absolute Gasteiger partial charge is 0.481 e. The Bertz CT molecular complexity index is 1580. The summed E-state index contributed by atoms with van der Waals surface area (Å²) in [6.07, 6.45) is -1.03. The SMILES string of the molecule is CC(C)[C@H](NC(=O)OCC1c2ccccc2-c2ccccc21)C(=O)C[C@@H](C)C(=O)Nc1ccc(COC(=O)N(C)CCCC(=O)O)cc1. The predicted molar refractivity (Wildman–Crippen MR) is 180 cm³/mol. The van der Waals surface area contributed by atoms with Crippen LogP contribution in [0.4, 0.5) is 15.3 Å². The van der Waals surface area contributed by atoms with E-state index in [0.29, 0.717) is 17.7 Å². The third-order valence-electron chi connectivity index (χ3n) is 8.37. The lowest BCUT2D eigenvalue weighted by atomic mass is 9.93. The second kappa shape index (κ2) is 16.6. The number of carbonyl (C=O) groups is 5. The first-order valence-electron chi connectivity index (χ1n) is 16.1. The summed E-state index contributed by atoms with van der Waals surface area (Å²) in [6, 6.07) is 22.0. The molecule has 48 heavy (non-hydrogen) atoms. The lowest BCUT2D eigenvalue weighted by Crippen LogP contribution is -2.45. The Kier molecular flexibility index (Phi) is 12.3. The van der Waals surface area contributed by atoms with Crippen LogP contribution >= 0.6 is 0 Å². The highest BCUT2D eigenvalue weighted by molar-refractivity contribution is 5.97. The summed E-state index contributed by atoms with van der Waals surface area (Å²) in [4.78, 5) is 63.2. The summed E-state index contributed by atoms with van der Waals surface area (Å²) < 4.78 is 10.9. The van der Waals surface area contributed by atoms with Gasteiger partial charge in [-0.3, -0.25) is 14.4 Å². The second-order valence-corrected chi connectivity index (χ2v) is 12.4. The van der Waals surface area contributed by atoms with Crippen molar-refractivity contribution in [3.8, 4) is 11.1 Å². The number of ketones is 1. The zero-order valence-corrected chi connectivity index (χ0v) is 27.7. The van der Waals surface area contributed by atoms with Crippen LogP contribution in [0.3, 0.4) is 0 Å². The lowest BCUT2D eigenvalue weighted by molar-refractivity contribution is -0.137. The van der Waals surface area contributed by atoms with Crippen molar-refractivity contribution >= 4 is 35.5 Å². The molecule has 0 unspecified atom stereocenters. The van der Waals surface area contributed by atoms with Gasteiger partial charge in [0.2, 0.25) is 5.91 Å². The monoisotopic (exact) mass is 657 g/mol. The normalized spacial score (nSPS) is 13.1. The van der Waals surface area contributed by atoms with Crippen LogP contribution in [0.5, 0.6) is 0 Å². The standard InChI is InChI=1S/C37H43N3O8/c1-23(2)34(39-36(45)47-22-31-29-12-7-5-10-27(29)28-11-6-8-13-30(28)31)32(41)20-24(3)35(44)38-26-17-15-25(16-18-26)21-48-37(46)40(4)19-9-14-33(42)43/h5-8,10-13,15-18,23-24,31,34H,9,14,19-22H2,1-4H3,(H,38,44)(H,39,45)(H,42,43)/t24-,34+/m1/s1. The zero-order valence-electron chi connectivity index (χ0n) is 27.7. The number of nitrogens with zero attached hydrogens (tertiary/aromatic N) is 1. The molecule has 254 valence electrons. The summed E-state index contributed by atoms with van der Waals surface area (Å²) in [7, 11) is 1.54. The van der Waals surface area contributed by atoms with Crippen molar-refractivity contribution in [2.24, 2.45) is 11.8 Å². The van der Waals surface area contributed by atoms with Crippen LogP contribution in [0.15, 0.2) is 72.8 Å². The molecular formula is C37H43N3O8. The maximum absolute atomic E-state index is 13.3. The molecule has 11 heteroatoms. The summed E-state index contributed by atoms with van der Waals surface area (Å²) in [5, 5.41) is 14.3. The minimum Gasteiger partial charge on any atom is -0.481 e. The van der Waals surface area contributed by atoms with Gasteiger partial charge in [0, 0.05) is 44.0 Å². The number of alkyl carbamates (subject to hydrolysis) is 1. The zero-order chi connectivity index (χ0) is 34.8. The number of aliphatic carboxylic acids is 1. The fraction of sp³-hybridized carbons (Fsp3) is 0.378. The Labute approximate surface area is 280 Å². The third kappa shape index (κ3) is 9.43. The number of hydrogen-bond acceptors (Lipinski definition) is 7. The molecule has 11 nitrogen and oxygen atoms in total. The van der Waals surface area contributed by atoms with Gasteiger partial charge in [-0.1, -0.05) is 81.4 Å². The van der Waals surface area contributed by atoms with Crippen LogP contribution in [-0.2, 0) is 30.5 Å². The molecule has 3 N–H and O–H groups in total. The Balaban J connectivity index is 1.23. The van der Waals surface area contributed by atoms with E-state index in [2.05, 4.69) is 22.8 Å². The average Bonchev–Trinajstić information content (AvgIpc) is 3.38. The molecule has 1 aliphatic carbocycles. The summed E-state index contributed by atoms with van der Waals surface area (Å²) in [5.74, 6) is -2.54. The number of amides is 3. The van der Waals surface area contributed by atoms with E-state index in [1.54, 1.807) is 31.2 Å². The van der Waals surface area contributed by atoms with Gasteiger partial charge in [0.1, 0.15) is 13.2 Å². The molecule has 2 atom stereocenters. The Hall–Kier alpha value is -5.19.